The molecule has 1 saturated heterocycles. The Morgan fingerprint density at radius 2 is 1.96 bits per heavy atom. The lowest BCUT2D eigenvalue weighted by Crippen LogP contribution is -2.43. The third-order valence-corrected chi connectivity index (χ3v) is 4.70. The van der Waals surface area contributed by atoms with Crippen LogP contribution < -0.4 is 0 Å². The van der Waals surface area contributed by atoms with E-state index in [1.807, 2.05) is 30.3 Å². The zero-order valence-electron chi connectivity index (χ0n) is 13.1. The van der Waals surface area contributed by atoms with E-state index in [1.54, 1.807) is 0 Å². The van der Waals surface area contributed by atoms with Gasteiger partial charge in [0.2, 0.25) is 0 Å². The molecule has 132 valence electrons. The molecular weight excluding hydrogens is 323 g/mol. The minimum absolute atomic E-state index is 0.190. The lowest BCUT2D eigenvalue weighted by atomic mass is 10.0. The Bertz CT molecular complexity index is 586. The molecule has 0 aromatic heterocycles. The number of carbonyl (C=O) groups is 1. The van der Waals surface area contributed by atoms with Crippen molar-refractivity contribution in [3.05, 3.63) is 35.9 Å². The van der Waals surface area contributed by atoms with Crippen LogP contribution in [0, 0.1) is 5.41 Å². The van der Waals surface area contributed by atoms with E-state index in [0.717, 1.165) is 18.4 Å². The van der Waals surface area contributed by atoms with E-state index in [1.165, 1.54) is 4.90 Å². The Morgan fingerprint density at radius 3 is 2.50 bits per heavy atom. The van der Waals surface area contributed by atoms with Crippen LogP contribution in [0.3, 0.4) is 0 Å². The van der Waals surface area contributed by atoms with Gasteiger partial charge < -0.3 is 9.84 Å². The average Bonchev–Trinajstić information content (AvgIpc) is 3.21. The predicted molar refractivity (Wildman–Crippen MR) is 79.9 cm³/mol. The summed E-state index contributed by atoms with van der Waals surface area (Å²) in [6.07, 6.45) is -5.35. The molecule has 0 amide bonds. The molecular formula is C17H20F3NO3. The van der Waals surface area contributed by atoms with Crippen molar-refractivity contribution in [1.82, 2.24) is 4.90 Å². The summed E-state index contributed by atoms with van der Waals surface area (Å²) in [5.41, 5.74) is 0.462. The molecule has 1 heterocycles. The van der Waals surface area contributed by atoms with Crippen LogP contribution in [-0.2, 0) is 16.1 Å². The number of alkyl halides is 3. The highest BCUT2D eigenvalue weighted by atomic mass is 19.4. The molecule has 4 nitrogen and oxygen atoms in total. The van der Waals surface area contributed by atoms with Crippen LogP contribution in [0.2, 0.25) is 0 Å². The second-order valence-corrected chi connectivity index (χ2v) is 6.75. The fraction of sp³-hybridized carbons (Fsp3) is 0.588. The summed E-state index contributed by atoms with van der Waals surface area (Å²) in [5.74, 6) is -0.233. The SMILES string of the molecule is O=C1OC(CN(Cc2ccccc2)CC(O)C(F)(F)F)CC12CC2. The van der Waals surface area contributed by atoms with Gasteiger partial charge in [-0.05, 0) is 18.4 Å². The highest BCUT2D eigenvalue weighted by molar-refractivity contribution is 5.82. The summed E-state index contributed by atoms with van der Waals surface area (Å²) in [6, 6.07) is 9.07. The van der Waals surface area contributed by atoms with Gasteiger partial charge in [0.1, 0.15) is 6.10 Å². The van der Waals surface area contributed by atoms with E-state index in [0.29, 0.717) is 6.42 Å². The number of hydrogen-bond donors (Lipinski definition) is 1. The molecule has 2 fully saturated rings. The third-order valence-electron chi connectivity index (χ3n) is 4.70. The van der Waals surface area contributed by atoms with E-state index in [2.05, 4.69) is 0 Å². The van der Waals surface area contributed by atoms with Gasteiger partial charge in [-0.2, -0.15) is 13.2 Å². The maximum absolute atomic E-state index is 12.7. The summed E-state index contributed by atoms with van der Waals surface area (Å²) in [6.45, 7) is -0.0933. The smallest absolute Gasteiger partial charge is 0.415 e. The molecule has 3 rings (SSSR count). The zero-order chi connectivity index (χ0) is 17.4. The van der Waals surface area contributed by atoms with Crippen LogP contribution in [0.25, 0.3) is 0 Å². The Balaban J connectivity index is 1.66. The van der Waals surface area contributed by atoms with Gasteiger partial charge in [0.25, 0.3) is 0 Å². The first-order valence-electron chi connectivity index (χ1n) is 8.01. The number of aliphatic hydroxyl groups excluding tert-OH is 1. The second kappa shape index (κ2) is 6.37. The number of rotatable bonds is 6. The predicted octanol–water partition coefficient (Wildman–Crippen LogP) is 2.51. The van der Waals surface area contributed by atoms with Gasteiger partial charge in [-0.15, -0.1) is 0 Å². The molecule has 1 aliphatic heterocycles. The van der Waals surface area contributed by atoms with Crippen LogP contribution in [-0.4, -0.2) is 47.4 Å². The van der Waals surface area contributed by atoms with Crippen molar-refractivity contribution < 1.29 is 27.8 Å². The third kappa shape index (κ3) is 3.89. The average molecular weight is 343 g/mol. The van der Waals surface area contributed by atoms with E-state index >= 15 is 0 Å². The quantitative estimate of drug-likeness (QED) is 0.807. The number of esters is 1. The molecule has 1 aliphatic carbocycles. The van der Waals surface area contributed by atoms with Gasteiger partial charge in [-0.25, -0.2) is 0 Å². The van der Waals surface area contributed by atoms with Gasteiger partial charge in [0, 0.05) is 26.1 Å². The topological polar surface area (TPSA) is 49.8 Å². The number of aliphatic hydroxyl groups is 1. The maximum Gasteiger partial charge on any atom is 0.415 e. The number of halogens is 3. The lowest BCUT2D eigenvalue weighted by molar-refractivity contribution is -0.209. The van der Waals surface area contributed by atoms with Crippen LogP contribution >= 0.6 is 0 Å². The molecule has 1 aromatic carbocycles. The van der Waals surface area contributed by atoms with E-state index in [9.17, 15) is 23.1 Å². The Labute approximate surface area is 138 Å². The molecule has 1 saturated carbocycles. The number of hydrogen-bond acceptors (Lipinski definition) is 4. The lowest BCUT2D eigenvalue weighted by Gasteiger charge is -2.28. The maximum atomic E-state index is 12.7. The van der Waals surface area contributed by atoms with Crippen molar-refractivity contribution in [2.45, 2.75) is 44.2 Å². The van der Waals surface area contributed by atoms with Gasteiger partial charge in [0.05, 0.1) is 5.41 Å². The summed E-state index contributed by atoms with van der Waals surface area (Å²) in [5, 5.41) is 9.40. The standard InChI is InChI=1S/C17H20F3NO3/c18-17(19,20)14(22)11-21(9-12-4-2-1-3-5-12)10-13-8-16(6-7-16)15(23)24-13/h1-5,13-14,22H,6-11H2. The van der Waals surface area contributed by atoms with Crippen molar-refractivity contribution in [2.24, 2.45) is 5.41 Å². The first-order valence-corrected chi connectivity index (χ1v) is 8.01. The van der Waals surface area contributed by atoms with Crippen molar-refractivity contribution >= 4 is 5.97 Å². The molecule has 0 bridgehead atoms. The molecule has 1 spiro atoms. The monoisotopic (exact) mass is 343 g/mol. The summed E-state index contributed by atoms with van der Waals surface area (Å²) in [7, 11) is 0. The van der Waals surface area contributed by atoms with Crippen molar-refractivity contribution in [1.29, 1.82) is 0 Å². The van der Waals surface area contributed by atoms with Crippen LogP contribution in [0.4, 0.5) is 13.2 Å². The first kappa shape index (κ1) is 17.2. The largest absolute Gasteiger partial charge is 0.461 e. The van der Waals surface area contributed by atoms with Gasteiger partial charge in [0.15, 0.2) is 6.10 Å². The molecule has 2 aliphatic rings. The molecule has 7 heteroatoms. The molecule has 1 aromatic rings. The first-order chi connectivity index (χ1) is 11.3. The number of nitrogens with zero attached hydrogens (tertiary/aromatic N) is 1. The number of carbonyl (C=O) groups excluding carboxylic acids is 1. The number of benzene rings is 1. The minimum Gasteiger partial charge on any atom is -0.461 e. The van der Waals surface area contributed by atoms with Crippen LogP contribution in [0.15, 0.2) is 30.3 Å². The minimum atomic E-state index is -4.67. The molecule has 1 N–H and O–H groups in total. The summed E-state index contributed by atoms with van der Waals surface area (Å²) in [4.78, 5) is 13.3. The summed E-state index contributed by atoms with van der Waals surface area (Å²) >= 11 is 0. The van der Waals surface area contributed by atoms with Gasteiger partial charge >= 0.3 is 12.1 Å². The van der Waals surface area contributed by atoms with E-state index < -0.39 is 24.9 Å². The van der Waals surface area contributed by atoms with Crippen molar-refractivity contribution in [2.75, 3.05) is 13.1 Å². The van der Waals surface area contributed by atoms with Gasteiger partial charge in [-0.1, -0.05) is 30.3 Å². The van der Waals surface area contributed by atoms with Crippen molar-refractivity contribution in [3.8, 4) is 0 Å². The highest BCUT2D eigenvalue weighted by Gasteiger charge is 2.57. The second-order valence-electron chi connectivity index (χ2n) is 6.75. The van der Waals surface area contributed by atoms with Crippen LogP contribution in [0.1, 0.15) is 24.8 Å². The molecule has 24 heavy (non-hydrogen) atoms. The van der Waals surface area contributed by atoms with Gasteiger partial charge in [-0.3, -0.25) is 9.69 Å². The Morgan fingerprint density at radius 1 is 1.29 bits per heavy atom. The fourth-order valence-corrected chi connectivity index (χ4v) is 3.18. The fourth-order valence-electron chi connectivity index (χ4n) is 3.18. The molecule has 2 atom stereocenters. The summed E-state index contributed by atoms with van der Waals surface area (Å²) < 4.78 is 43.4. The normalized spacial score (nSPS) is 23.5. The van der Waals surface area contributed by atoms with E-state index in [4.69, 9.17) is 4.74 Å². The Kier molecular flexibility index (Phi) is 4.57. The van der Waals surface area contributed by atoms with E-state index in [-0.39, 0.29) is 24.5 Å². The van der Waals surface area contributed by atoms with Crippen molar-refractivity contribution in [3.63, 3.8) is 0 Å². The number of cyclic esters (lactones) is 1. The Hall–Kier alpha value is -1.60. The van der Waals surface area contributed by atoms with Crippen LogP contribution in [0.5, 0.6) is 0 Å². The molecule has 2 unspecified atom stereocenters. The zero-order valence-corrected chi connectivity index (χ0v) is 13.1. The molecule has 0 radical (unpaired) electrons. The highest BCUT2D eigenvalue weighted by Crippen LogP contribution is 2.54. The number of ether oxygens (including phenoxy) is 1.